The Morgan fingerprint density at radius 2 is 1.94 bits per heavy atom. The average Bonchev–Trinajstić information content (AvgIpc) is 2.21. The minimum absolute atomic E-state index is 0.129. The van der Waals surface area contributed by atoms with E-state index in [2.05, 4.69) is 0 Å². The van der Waals surface area contributed by atoms with Crippen LogP contribution in [0.1, 0.15) is 5.56 Å². The molecule has 1 rings (SSSR count). The number of hydrogen-bond acceptors (Lipinski definition) is 3. The van der Waals surface area contributed by atoms with Crippen molar-refractivity contribution < 1.29 is 21.6 Å². The van der Waals surface area contributed by atoms with E-state index in [0.29, 0.717) is 11.3 Å². The van der Waals surface area contributed by atoms with Crippen molar-refractivity contribution in [2.75, 3.05) is 17.0 Å². The SMILES string of the molecule is Cc1c(N)cccc1NS(=O)(=O)NCC(F)(F)F. The minimum Gasteiger partial charge on any atom is -0.398 e. The van der Waals surface area contributed by atoms with Crippen molar-refractivity contribution in [2.45, 2.75) is 13.1 Å². The van der Waals surface area contributed by atoms with Crippen molar-refractivity contribution in [3.8, 4) is 0 Å². The Labute approximate surface area is 102 Å². The van der Waals surface area contributed by atoms with Crippen molar-refractivity contribution in [2.24, 2.45) is 0 Å². The lowest BCUT2D eigenvalue weighted by Gasteiger charge is -2.13. The van der Waals surface area contributed by atoms with Gasteiger partial charge in [0, 0.05) is 5.69 Å². The van der Waals surface area contributed by atoms with Gasteiger partial charge in [0.05, 0.1) is 5.69 Å². The Hall–Kier alpha value is -1.48. The topological polar surface area (TPSA) is 84.2 Å². The number of nitrogen functional groups attached to an aromatic ring is 1. The molecule has 1 aromatic carbocycles. The molecule has 0 aliphatic rings. The Bertz CT molecular complexity index is 528. The standard InChI is InChI=1S/C9H12F3N3O2S/c1-6-7(13)3-2-4-8(6)15-18(16,17)14-5-9(10,11)12/h2-4,14-15H,5,13H2,1H3. The van der Waals surface area contributed by atoms with Crippen molar-refractivity contribution in [3.05, 3.63) is 23.8 Å². The third kappa shape index (κ3) is 4.41. The van der Waals surface area contributed by atoms with E-state index in [9.17, 15) is 21.6 Å². The van der Waals surface area contributed by atoms with Crippen LogP contribution in [0.4, 0.5) is 24.5 Å². The third-order valence-corrected chi connectivity index (χ3v) is 3.10. The number of nitrogens with one attached hydrogen (secondary N) is 2. The van der Waals surface area contributed by atoms with Gasteiger partial charge < -0.3 is 5.73 Å². The lowest BCUT2D eigenvalue weighted by atomic mass is 10.2. The molecule has 0 saturated carbocycles. The highest BCUT2D eigenvalue weighted by Crippen LogP contribution is 2.21. The smallest absolute Gasteiger partial charge is 0.398 e. The van der Waals surface area contributed by atoms with Gasteiger partial charge in [-0.3, -0.25) is 4.72 Å². The fourth-order valence-electron chi connectivity index (χ4n) is 1.12. The Morgan fingerprint density at radius 3 is 2.50 bits per heavy atom. The van der Waals surface area contributed by atoms with Gasteiger partial charge in [0.1, 0.15) is 6.54 Å². The van der Waals surface area contributed by atoms with Crippen LogP contribution in [0.5, 0.6) is 0 Å². The summed E-state index contributed by atoms with van der Waals surface area (Å²) >= 11 is 0. The zero-order chi connectivity index (χ0) is 14.0. The molecule has 18 heavy (non-hydrogen) atoms. The maximum atomic E-state index is 11.9. The third-order valence-electron chi connectivity index (χ3n) is 2.08. The molecule has 0 aliphatic heterocycles. The molecule has 0 radical (unpaired) electrons. The van der Waals surface area contributed by atoms with E-state index in [1.807, 2.05) is 4.72 Å². The molecule has 0 atom stereocenters. The second-order valence-corrected chi connectivity index (χ2v) is 5.06. The molecule has 9 heteroatoms. The minimum atomic E-state index is -4.61. The van der Waals surface area contributed by atoms with E-state index < -0.39 is 22.9 Å². The average molecular weight is 283 g/mol. The molecule has 102 valence electrons. The molecule has 0 unspecified atom stereocenters. The molecule has 0 saturated heterocycles. The van der Waals surface area contributed by atoms with Crippen LogP contribution < -0.4 is 15.2 Å². The molecule has 0 amide bonds. The highest BCUT2D eigenvalue weighted by molar-refractivity contribution is 7.90. The van der Waals surface area contributed by atoms with Crippen LogP contribution in [0, 0.1) is 6.92 Å². The van der Waals surface area contributed by atoms with E-state index in [1.54, 1.807) is 13.0 Å². The molecular weight excluding hydrogens is 271 g/mol. The van der Waals surface area contributed by atoms with Crippen molar-refractivity contribution in [1.82, 2.24) is 4.72 Å². The molecule has 0 fully saturated rings. The summed E-state index contributed by atoms with van der Waals surface area (Å²) in [5.74, 6) is 0. The lowest BCUT2D eigenvalue weighted by molar-refractivity contribution is -0.121. The number of alkyl halides is 3. The molecule has 0 spiro atoms. The maximum Gasteiger partial charge on any atom is 0.402 e. The Morgan fingerprint density at radius 1 is 1.33 bits per heavy atom. The summed E-state index contributed by atoms with van der Waals surface area (Å²) in [7, 11) is -4.28. The lowest BCUT2D eigenvalue weighted by Crippen LogP contribution is -2.37. The zero-order valence-electron chi connectivity index (χ0n) is 9.38. The summed E-state index contributed by atoms with van der Waals surface area (Å²) in [5.41, 5.74) is 6.46. The molecule has 4 N–H and O–H groups in total. The van der Waals surface area contributed by atoms with Gasteiger partial charge in [-0.25, -0.2) is 0 Å². The second-order valence-electron chi connectivity index (χ2n) is 3.56. The first-order valence-electron chi connectivity index (χ1n) is 4.80. The highest BCUT2D eigenvalue weighted by Gasteiger charge is 2.29. The van der Waals surface area contributed by atoms with Crippen LogP contribution in [0.2, 0.25) is 0 Å². The van der Waals surface area contributed by atoms with Crippen LogP contribution >= 0.6 is 0 Å². The molecule has 0 aromatic heterocycles. The quantitative estimate of drug-likeness (QED) is 0.730. The first kappa shape index (κ1) is 14.6. The van der Waals surface area contributed by atoms with Gasteiger partial charge in [-0.1, -0.05) is 6.07 Å². The van der Waals surface area contributed by atoms with E-state index in [0.717, 1.165) is 0 Å². The molecular formula is C9H12F3N3O2S. The Kier molecular flexibility index (Phi) is 4.07. The number of nitrogens with two attached hydrogens (primary N) is 1. The van der Waals surface area contributed by atoms with Gasteiger partial charge >= 0.3 is 6.18 Å². The van der Waals surface area contributed by atoms with E-state index >= 15 is 0 Å². The Balaban J connectivity index is 2.80. The van der Waals surface area contributed by atoms with Crippen LogP contribution in [0.25, 0.3) is 0 Å². The zero-order valence-corrected chi connectivity index (χ0v) is 10.2. The maximum absolute atomic E-state index is 11.9. The summed E-state index contributed by atoms with van der Waals surface area (Å²) < 4.78 is 61.7. The van der Waals surface area contributed by atoms with Crippen molar-refractivity contribution in [1.29, 1.82) is 0 Å². The van der Waals surface area contributed by atoms with Gasteiger partial charge in [-0.05, 0) is 24.6 Å². The highest BCUT2D eigenvalue weighted by atomic mass is 32.2. The van der Waals surface area contributed by atoms with Gasteiger partial charge in [0.25, 0.3) is 10.2 Å². The molecule has 0 heterocycles. The van der Waals surface area contributed by atoms with Crippen molar-refractivity contribution in [3.63, 3.8) is 0 Å². The van der Waals surface area contributed by atoms with Crippen LogP contribution in [0.3, 0.4) is 0 Å². The number of benzene rings is 1. The summed E-state index contributed by atoms with van der Waals surface area (Å²) in [6, 6.07) is 4.44. The summed E-state index contributed by atoms with van der Waals surface area (Å²) in [6.45, 7) is -0.0827. The van der Waals surface area contributed by atoms with Gasteiger partial charge in [-0.2, -0.15) is 26.3 Å². The number of rotatable bonds is 4. The van der Waals surface area contributed by atoms with Gasteiger partial charge in [-0.15, -0.1) is 0 Å². The monoisotopic (exact) mass is 283 g/mol. The van der Waals surface area contributed by atoms with Crippen LogP contribution in [-0.2, 0) is 10.2 Å². The summed E-state index contributed by atoms with van der Waals surface area (Å²) in [5, 5.41) is 0. The molecule has 1 aromatic rings. The predicted octanol–water partition coefficient (Wildman–Crippen LogP) is 1.39. The number of hydrogen-bond donors (Lipinski definition) is 3. The summed E-state index contributed by atoms with van der Waals surface area (Å²) in [6.07, 6.45) is -4.61. The fraction of sp³-hybridized carbons (Fsp3) is 0.333. The van der Waals surface area contributed by atoms with E-state index in [4.69, 9.17) is 5.73 Å². The van der Waals surface area contributed by atoms with Crippen LogP contribution in [-0.4, -0.2) is 21.1 Å². The van der Waals surface area contributed by atoms with Gasteiger partial charge in [0.2, 0.25) is 0 Å². The van der Waals surface area contributed by atoms with E-state index in [1.165, 1.54) is 16.9 Å². The number of halogens is 3. The van der Waals surface area contributed by atoms with Crippen molar-refractivity contribution >= 4 is 21.6 Å². The van der Waals surface area contributed by atoms with E-state index in [-0.39, 0.29) is 5.69 Å². The molecule has 0 bridgehead atoms. The largest absolute Gasteiger partial charge is 0.402 e. The second kappa shape index (κ2) is 5.02. The number of anilines is 2. The molecule has 5 nitrogen and oxygen atoms in total. The predicted molar refractivity (Wildman–Crippen MR) is 62.2 cm³/mol. The fourth-order valence-corrected chi connectivity index (χ4v) is 2.06. The van der Waals surface area contributed by atoms with Crippen LogP contribution in [0.15, 0.2) is 18.2 Å². The molecule has 0 aliphatic carbocycles. The first-order chi connectivity index (χ1) is 8.11. The first-order valence-corrected chi connectivity index (χ1v) is 6.28. The summed E-state index contributed by atoms with van der Waals surface area (Å²) in [4.78, 5) is 0. The van der Waals surface area contributed by atoms with Gasteiger partial charge in [0.15, 0.2) is 0 Å². The normalized spacial score (nSPS) is 12.4.